The monoisotopic (exact) mass is 479 g/mol. The number of nitrogens with one attached hydrogen (secondary N) is 1. The lowest BCUT2D eigenvalue weighted by molar-refractivity contribution is -0.0544. The number of hydrogen-bond donors (Lipinski definition) is 5. The highest BCUT2D eigenvalue weighted by Crippen LogP contribution is 2.80. The third-order valence-corrected chi connectivity index (χ3v) is 9.07. The van der Waals surface area contributed by atoms with E-state index in [4.69, 9.17) is 4.74 Å². The van der Waals surface area contributed by atoms with Gasteiger partial charge < -0.3 is 30.1 Å². The molecule has 6 unspecified atom stereocenters. The summed E-state index contributed by atoms with van der Waals surface area (Å²) in [7, 11) is -14.0. The molecule has 0 saturated carbocycles. The summed E-state index contributed by atoms with van der Waals surface area (Å²) in [5.41, 5.74) is -0.819. The molecule has 2 saturated heterocycles. The number of rotatable bonds is 5. The van der Waals surface area contributed by atoms with E-state index in [0.29, 0.717) is 0 Å². The molecule has 3 heterocycles. The van der Waals surface area contributed by atoms with Gasteiger partial charge in [-0.05, 0) is 6.07 Å². The van der Waals surface area contributed by atoms with Crippen LogP contribution < -0.4 is 11.0 Å². The first kappa shape index (κ1) is 22.7. The maximum atomic E-state index is 12.2. The van der Waals surface area contributed by atoms with Crippen LogP contribution >= 0.6 is 23.5 Å². The van der Waals surface area contributed by atoms with E-state index in [0.717, 1.165) is 4.57 Å². The second-order valence-electron chi connectivity index (χ2n) is 5.72. The van der Waals surface area contributed by atoms with E-state index in [-0.39, 0.29) is 5.82 Å². The number of nitrogens with zero attached hydrogens (tertiary/aromatic N) is 2. The summed E-state index contributed by atoms with van der Waals surface area (Å²) in [6.07, 6.45) is -4.93. The Balaban J connectivity index is 1.73. The Morgan fingerprint density at radius 3 is 2.34 bits per heavy atom. The molecule has 0 amide bonds. The first-order valence-corrected chi connectivity index (χ1v) is 12.1. The van der Waals surface area contributed by atoms with Crippen molar-refractivity contribution in [2.24, 2.45) is 0 Å². The van der Waals surface area contributed by atoms with Crippen LogP contribution in [0, 0.1) is 0 Å². The molecule has 0 aromatic carbocycles. The van der Waals surface area contributed by atoms with Crippen molar-refractivity contribution < 1.29 is 55.9 Å². The molecule has 5 N–H and O–H groups in total. The van der Waals surface area contributed by atoms with Crippen LogP contribution in [-0.2, 0) is 35.9 Å². The summed E-state index contributed by atoms with van der Waals surface area (Å²) < 4.78 is 57.7. The summed E-state index contributed by atoms with van der Waals surface area (Å²) >= 11 is 0. The average molecular weight is 479 g/mol. The molecular formula is C10H16N3O13P3. The maximum absolute atomic E-state index is 12.2. The molecule has 6 atom stereocenters. The Bertz CT molecular complexity index is 955. The zero-order valence-corrected chi connectivity index (χ0v) is 17.1. The fraction of sp³-hybridized carbons (Fsp3) is 0.600. The van der Waals surface area contributed by atoms with Gasteiger partial charge in [0.2, 0.25) is 0 Å². The zero-order valence-electron chi connectivity index (χ0n) is 14.4. The van der Waals surface area contributed by atoms with E-state index in [2.05, 4.69) is 27.8 Å². The quantitative estimate of drug-likeness (QED) is 0.329. The Morgan fingerprint density at radius 2 is 1.79 bits per heavy atom. The van der Waals surface area contributed by atoms with Crippen molar-refractivity contribution >= 4 is 29.3 Å². The van der Waals surface area contributed by atoms with Crippen molar-refractivity contribution in [3.8, 4) is 0 Å². The van der Waals surface area contributed by atoms with Crippen LogP contribution in [0.1, 0.15) is 6.23 Å². The van der Waals surface area contributed by atoms with E-state index in [1.807, 2.05) is 0 Å². The van der Waals surface area contributed by atoms with E-state index in [1.165, 1.54) is 19.3 Å². The van der Waals surface area contributed by atoms with Gasteiger partial charge in [-0.25, -0.2) is 18.5 Å². The fourth-order valence-electron chi connectivity index (χ4n) is 2.48. The number of aliphatic hydroxyl groups is 2. The van der Waals surface area contributed by atoms with Crippen LogP contribution in [0.2, 0.25) is 0 Å². The van der Waals surface area contributed by atoms with Gasteiger partial charge >= 0.3 is 29.2 Å². The Labute approximate surface area is 161 Å². The van der Waals surface area contributed by atoms with Crippen LogP contribution in [0.3, 0.4) is 0 Å². The molecule has 2 fully saturated rings. The average Bonchev–Trinajstić information content (AvgIpc) is 2.85. The van der Waals surface area contributed by atoms with Gasteiger partial charge in [0.25, 0.3) is 0 Å². The SMILES string of the molecule is CNc1ccn(C2OC(COP3(=O)OP(=O)(O)OP(=O)(O)O3)C(O)C2O)c(=O)n1. The van der Waals surface area contributed by atoms with Gasteiger partial charge in [-0.3, -0.25) is 9.09 Å². The standard InChI is InChI=1S/C10H16N3O13P3/c1-11-6-2-3-13(10(16)12-6)9-8(15)7(14)5(23-9)4-22-29(21)25-27(17,18)24-28(19,20)26-29/h2-3,5,7-9,14-15H,4H2,1H3,(H,17,18)(H,19,20)(H,11,12,16). The highest BCUT2D eigenvalue weighted by molar-refractivity contribution is 7.74. The van der Waals surface area contributed by atoms with Gasteiger partial charge in [-0.15, -0.1) is 0 Å². The van der Waals surface area contributed by atoms with Crippen molar-refractivity contribution in [1.82, 2.24) is 9.55 Å². The van der Waals surface area contributed by atoms with Crippen LogP contribution in [0.15, 0.2) is 17.1 Å². The minimum atomic E-state index is -5.23. The van der Waals surface area contributed by atoms with E-state index < -0.39 is 60.3 Å². The van der Waals surface area contributed by atoms with Gasteiger partial charge in [0, 0.05) is 13.2 Å². The van der Waals surface area contributed by atoms with Crippen LogP contribution in [0.25, 0.3) is 0 Å². The molecule has 164 valence electrons. The highest BCUT2D eigenvalue weighted by atomic mass is 31.3. The number of aliphatic hydroxyl groups excluding tert-OH is 2. The molecule has 0 bridgehead atoms. The second-order valence-corrected chi connectivity index (χ2v) is 10.7. The predicted molar refractivity (Wildman–Crippen MR) is 90.4 cm³/mol. The first-order chi connectivity index (χ1) is 13.3. The molecular weight excluding hydrogens is 463 g/mol. The van der Waals surface area contributed by atoms with E-state index in [1.54, 1.807) is 0 Å². The zero-order chi connectivity index (χ0) is 21.6. The minimum absolute atomic E-state index is 0.243. The summed E-state index contributed by atoms with van der Waals surface area (Å²) in [4.78, 5) is 34.0. The molecule has 3 rings (SSSR count). The summed E-state index contributed by atoms with van der Waals surface area (Å²) in [6, 6.07) is 1.40. The number of ether oxygens (including phenoxy) is 1. The molecule has 1 aromatic rings. The second kappa shape index (κ2) is 7.93. The summed E-state index contributed by atoms with van der Waals surface area (Å²) in [5, 5.41) is 22.9. The van der Waals surface area contributed by atoms with E-state index >= 15 is 0 Å². The molecule has 2 aliphatic rings. The molecule has 2 aliphatic heterocycles. The van der Waals surface area contributed by atoms with Gasteiger partial charge in [-0.2, -0.15) is 17.9 Å². The normalized spacial score (nSPS) is 42.7. The van der Waals surface area contributed by atoms with Crippen molar-refractivity contribution in [3.05, 3.63) is 22.7 Å². The third kappa shape index (κ3) is 5.02. The van der Waals surface area contributed by atoms with Gasteiger partial charge in [-0.1, -0.05) is 0 Å². The molecule has 16 nitrogen and oxygen atoms in total. The molecule has 0 spiro atoms. The number of hydrogen-bond acceptors (Lipinski definition) is 13. The molecule has 29 heavy (non-hydrogen) atoms. The largest absolute Gasteiger partial charge is 0.492 e. The topological polar surface area (TPSA) is 225 Å². The fourth-order valence-corrected chi connectivity index (χ4v) is 7.42. The first-order valence-electron chi connectivity index (χ1n) is 7.67. The maximum Gasteiger partial charge on any atom is 0.492 e. The smallest absolute Gasteiger partial charge is 0.387 e. The minimum Gasteiger partial charge on any atom is -0.387 e. The molecule has 0 radical (unpaired) electrons. The number of anilines is 1. The lowest BCUT2D eigenvalue weighted by atomic mass is 10.1. The third-order valence-electron chi connectivity index (χ3n) is 3.71. The van der Waals surface area contributed by atoms with Crippen LogP contribution in [0.5, 0.6) is 0 Å². The number of aromatic nitrogens is 2. The Kier molecular flexibility index (Phi) is 6.20. The Morgan fingerprint density at radius 1 is 1.17 bits per heavy atom. The highest BCUT2D eigenvalue weighted by Gasteiger charge is 2.55. The molecule has 1 aromatic heterocycles. The molecule has 19 heteroatoms. The van der Waals surface area contributed by atoms with Gasteiger partial charge in [0.05, 0.1) is 6.61 Å². The van der Waals surface area contributed by atoms with Gasteiger partial charge in [0.15, 0.2) is 6.23 Å². The van der Waals surface area contributed by atoms with Crippen molar-refractivity contribution in [3.63, 3.8) is 0 Å². The lowest BCUT2D eigenvalue weighted by Crippen LogP contribution is -2.36. The Hall–Kier alpha value is -0.990. The van der Waals surface area contributed by atoms with Crippen molar-refractivity contribution in [2.75, 3.05) is 19.0 Å². The predicted octanol–water partition coefficient (Wildman–Crippen LogP) is -0.707. The molecule has 0 aliphatic carbocycles. The van der Waals surface area contributed by atoms with E-state index in [9.17, 15) is 38.5 Å². The van der Waals surface area contributed by atoms with Crippen LogP contribution in [0.4, 0.5) is 5.82 Å². The summed E-state index contributed by atoms with van der Waals surface area (Å²) in [5.74, 6) is 0.243. The van der Waals surface area contributed by atoms with Crippen LogP contribution in [-0.4, -0.2) is 61.5 Å². The lowest BCUT2D eigenvalue weighted by Gasteiger charge is -2.27. The van der Waals surface area contributed by atoms with Gasteiger partial charge in [0.1, 0.15) is 24.1 Å². The summed E-state index contributed by atoms with van der Waals surface area (Å²) in [6.45, 7) is -0.886. The van der Waals surface area contributed by atoms with Crippen molar-refractivity contribution in [1.29, 1.82) is 0 Å². The number of phosphoric acid groups is 3. The van der Waals surface area contributed by atoms with Crippen molar-refractivity contribution in [2.45, 2.75) is 24.5 Å².